The van der Waals surface area contributed by atoms with Crippen molar-refractivity contribution < 1.29 is 19.1 Å². The number of aryl methyl sites for hydroxylation is 1. The van der Waals surface area contributed by atoms with Crippen molar-refractivity contribution in [2.24, 2.45) is 0 Å². The van der Waals surface area contributed by atoms with Gasteiger partial charge in [0.2, 0.25) is 5.89 Å². The van der Waals surface area contributed by atoms with Crippen molar-refractivity contribution in [1.82, 2.24) is 4.98 Å². The van der Waals surface area contributed by atoms with Gasteiger partial charge in [0, 0.05) is 12.3 Å². The molecule has 1 fully saturated rings. The fourth-order valence-corrected chi connectivity index (χ4v) is 2.43. The normalized spacial score (nSPS) is 16.7. The van der Waals surface area contributed by atoms with Crippen LogP contribution in [0.5, 0.6) is 5.88 Å². The summed E-state index contributed by atoms with van der Waals surface area (Å²) >= 11 is 0. The average molecular weight is 253 g/mol. The lowest BCUT2D eigenvalue weighted by Gasteiger charge is -2.17. The van der Waals surface area contributed by atoms with Crippen molar-refractivity contribution in [3.8, 4) is 5.88 Å². The van der Waals surface area contributed by atoms with Crippen LogP contribution in [0, 0.1) is 0 Å². The number of carbonyl (C=O) groups is 1. The van der Waals surface area contributed by atoms with Gasteiger partial charge in [0.25, 0.3) is 5.88 Å². The molecule has 0 spiro atoms. The maximum absolute atomic E-state index is 10.6. The van der Waals surface area contributed by atoms with Crippen molar-refractivity contribution >= 4 is 6.16 Å². The Bertz CT molecular complexity index is 407. The molecule has 0 aromatic carbocycles. The Morgan fingerprint density at radius 2 is 2.17 bits per heavy atom. The van der Waals surface area contributed by atoms with Crippen molar-refractivity contribution in [3.05, 3.63) is 11.7 Å². The molecule has 5 heteroatoms. The van der Waals surface area contributed by atoms with Crippen molar-refractivity contribution in [2.75, 3.05) is 0 Å². The predicted molar refractivity (Wildman–Crippen MR) is 65.0 cm³/mol. The number of aromatic nitrogens is 1. The Kier molecular flexibility index (Phi) is 4.23. The van der Waals surface area contributed by atoms with E-state index in [0.717, 1.165) is 19.3 Å². The van der Waals surface area contributed by atoms with E-state index in [4.69, 9.17) is 9.52 Å². The molecule has 0 bridgehead atoms. The second kappa shape index (κ2) is 5.89. The van der Waals surface area contributed by atoms with Gasteiger partial charge >= 0.3 is 6.16 Å². The highest BCUT2D eigenvalue weighted by molar-refractivity contribution is 5.60. The van der Waals surface area contributed by atoms with Crippen molar-refractivity contribution in [3.63, 3.8) is 0 Å². The van der Waals surface area contributed by atoms with Crippen LogP contribution < -0.4 is 4.74 Å². The lowest BCUT2D eigenvalue weighted by molar-refractivity contribution is 0.141. The van der Waals surface area contributed by atoms with Gasteiger partial charge in [-0.25, -0.2) is 4.79 Å². The van der Waals surface area contributed by atoms with Crippen LogP contribution in [0.15, 0.2) is 4.42 Å². The van der Waals surface area contributed by atoms with Gasteiger partial charge in [-0.2, -0.15) is 4.98 Å². The van der Waals surface area contributed by atoms with Gasteiger partial charge in [0.1, 0.15) is 0 Å². The molecular weight excluding hydrogens is 234 g/mol. The summed E-state index contributed by atoms with van der Waals surface area (Å²) < 4.78 is 10.4. The number of oxazole rings is 1. The zero-order valence-corrected chi connectivity index (χ0v) is 10.6. The van der Waals surface area contributed by atoms with Gasteiger partial charge in [0.15, 0.2) is 5.76 Å². The summed E-state index contributed by atoms with van der Waals surface area (Å²) in [6.45, 7) is 2.01. The Balaban J connectivity index is 2.17. The first kappa shape index (κ1) is 12.9. The van der Waals surface area contributed by atoms with E-state index in [-0.39, 0.29) is 5.88 Å². The van der Waals surface area contributed by atoms with Gasteiger partial charge in [-0.05, 0) is 19.3 Å². The standard InChI is InChI=1S/C13H19NO4/c1-2-6-10-12(18-13(15)16)14-11(17-10)9-7-4-3-5-8-9/h9H,2-8H2,1H3,(H,15,16). The fourth-order valence-electron chi connectivity index (χ4n) is 2.43. The lowest BCUT2D eigenvalue weighted by atomic mass is 9.89. The zero-order chi connectivity index (χ0) is 13.0. The topological polar surface area (TPSA) is 72.6 Å². The van der Waals surface area contributed by atoms with Crippen molar-refractivity contribution in [2.45, 2.75) is 57.8 Å². The Morgan fingerprint density at radius 3 is 2.78 bits per heavy atom. The molecular formula is C13H19NO4. The van der Waals surface area contributed by atoms with Gasteiger partial charge in [-0.1, -0.05) is 26.2 Å². The largest absolute Gasteiger partial charge is 0.512 e. The number of hydrogen-bond donors (Lipinski definition) is 1. The molecule has 2 rings (SSSR count). The quantitative estimate of drug-likeness (QED) is 0.827. The Morgan fingerprint density at radius 1 is 1.44 bits per heavy atom. The smallest absolute Gasteiger partial charge is 0.449 e. The van der Waals surface area contributed by atoms with Gasteiger partial charge < -0.3 is 14.3 Å². The highest BCUT2D eigenvalue weighted by atomic mass is 16.7. The van der Waals surface area contributed by atoms with Crippen LogP contribution in [0.1, 0.15) is 63.0 Å². The summed E-state index contributed by atoms with van der Waals surface area (Å²) in [4.78, 5) is 14.8. The van der Waals surface area contributed by atoms with Crippen LogP contribution in [-0.2, 0) is 6.42 Å². The molecule has 18 heavy (non-hydrogen) atoms. The third kappa shape index (κ3) is 3.03. The van der Waals surface area contributed by atoms with Gasteiger partial charge in [0.05, 0.1) is 0 Å². The lowest BCUT2D eigenvalue weighted by Crippen LogP contribution is -2.06. The fraction of sp³-hybridized carbons (Fsp3) is 0.692. The molecule has 1 saturated carbocycles. The van der Waals surface area contributed by atoms with Gasteiger partial charge in [-0.15, -0.1) is 0 Å². The highest BCUT2D eigenvalue weighted by Gasteiger charge is 2.24. The molecule has 0 unspecified atom stereocenters. The maximum Gasteiger partial charge on any atom is 0.512 e. The summed E-state index contributed by atoms with van der Waals surface area (Å²) in [5.74, 6) is 1.65. The number of nitrogens with zero attached hydrogens (tertiary/aromatic N) is 1. The molecule has 1 N–H and O–H groups in total. The van der Waals surface area contributed by atoms with E-state index >= 15 is 0 Å². The first-order valence-corrected chi connectivity index (χ1v) is 6.61. The number of carboxylic acid groups (broad SMARTS) is 1. The summed E-state index contributed by atoms with van der Waals surface area (Å²) in [5.41, 5.74) is 0. The third-order valence-corrected chi connectivity index (χ3v) is 3.29. The summed E-state index contributed by atoms with van der Waals surface area (Å²) in [7, 11) is 0. The van der Waals surface area contributed by atoms with Crippen LogP contribution in [0.25, 0.3) is 0 Å². The number of hydrogen-bond acceptors (Lipinski definition) is 4. The van der Waals surface area contributed by atoms with E-state index in [1.165, 1.54) is 19.3 Å². The Labute approximate surface area is 106 Å². The molecule has 1 aromatic rings. The molecule has 1 heterocycles. The van der Waals surface area contributed by atoms with E-state index in [9.17, 15) is 4.79 Å². The number of rotatable bonds is 4. The second-order valence-electron chi connectivity index (χ2n) is 4.73. The molecule has 0 radical (unpaired) electrons. The predicted octanol–water partition coefficient (Wildman–Crippen LogP) is 3.73. The molecule has 0 amide bonds. The minimum Gasteiger partial charge on any atom is -0.449 e. The number of ether oxygens (including phenoxy) is 1. The van der Waals surface area contributed by atoms with E-state index in [2.05, 4.69) is 9.72 Å². The molecule has 1 aliphatic carbocycles. The van der Waals surface area contributed by atoms with Crippen LogP contribution in [-0.4, -0.2) is 16.2 Å². The van der Waals surface area contributed by atoms with Gasteiger partial charge in [-0.3, -0.25) is 0 Å². The van der Waals surface area contributed by atoms with Crippen LogP contribution >= 0.6 is 0 Å². The minimum atomic E-state index is -1.34. The molecule has 0 saturated heterocycles. The zero-order valence-electron chi connectivity index (χ0n) is 10.6. The van der Waals surface area contributed by atoms with E-state index < -0.39 is 6.16 Å². The highest BCUT2D eigenvalue weighted by Crippen LogP contribution is 2.35. The summed E-state index contributed by atoms with van der Waals surface area (Å²) in [5, 5.41) is 8.68. The molecule has 1 aromatic heterocycles. The van der Waals surface area contributed by atoms with E-state index in [1.54, 1.807) is 0 Å². The molecule has 0 aliphatic heterocycles. The average Bonchev–Trinajstić information content (AvgIpc) is 2.73. The minimum absolute atomic E-state index is 0.130. The third-order valence-electron chi connectivity index (χ3n) is 3.29. The van der Waals surface area contributed by atoms with Crippen LogP contribution in [0.4, 0.5) is 4.79 Å². The van der Waals surface area contributed by atoms with Crippen LogP contribution in [0.2, 0.25) is 0 Å². The Hall–Kier alpha value is -1.52. The molecule has 5 nitrogen and oxygen atoms in total. The molecule has 0 atom stereocenters. The monoisotopic (exact) mass is 253 g/mol. The maximum atomic E-state index is 10.6. The summed E-state index contributed by atoms with van der Waals surface area (Å²) in [6.07, 6.45) is 5.96. The first-order chi connectivity index (χ1) is 8.70. The SMILES string of the molecule is CCCc1oc(C2CCCCC2)nc1OC(=O)O. The second-order valence-corrected chi connectivity index (χ2v) is 4.73. The van der Waals surface area contributed by atoms with E-state index in [1.807, 2.05) is 6.92 Å². The first-order valence-electron chi connectivity index (χ1n) is 6.61. The van der Waals surface area contributed by atoms with E-state index in [0.29, 0.717) is 24.0 Å². The van der Waals surface area contributed by atoms with Crippen molar-refractivity contribution in [1.29, 1.82) is 0 Å². The van der Waals surface area contributed by atoms with Crippen LogP contribution in [0.3, 0.4) is 0 Å². The molecule has 100 valence electrons. The molecule has 1 aliphatic rings. The summed E-state index contributed by atoms with van der Waals surface area (Å²) in [6, 6.07) is 0.